The summed E-state index contributed by atoms with van der Waals surface area (Å²) in [4.78, 5) is 12.0. The summed E-state index contributed by atoms with van der Waals surface area (Å²) in [5.74, 6) is 0.0436. The Morgan fingerprint density at radius 2 is 1.88 bits per heavy atom. The Balaban J connectivity index is 2.69. The van der Waals surface area contributed by atoms with E-state index in [2.05, 4.69) is 6.92 Å². The van der Waals surface area contributed by atoms with Gasteiger partial charge in [-0.25, -0.2) is 0 Å². The van der Waals surface area contributed by atoms with Crippen LogP contribution in [-0.4, -0.2) is 17.5 Å². The lowest BCUT2D eigenvalue weighted by Crippen LogP contribution is -2.33. The minimum atomic E-state index is -0.391. The van der Waals surface area contributed by atoms with Gasteiger partial charge in [0.25, 0.3) is 0 Å². The molecule has 2 heteroatoms. The van der Waals surface area contributed by atoms with Gasteiger partial charge in [-0.2, -0.15) is 0 Å². The lowest BCUT2D eigenvalue weighted by atomic mass is 10.0. The Kier molecular flexibility index (Phi) is 4.25. The second kappa shape index (κ2) is 5.26. The molecule has 0 aromatic heterocycles. The third kappa shape index (κ3) is 3.46. The molecule has 1 unspecified atom stereocenters. The van der Waals surface area contributed by atoms with Crippen molar-refractivity contribution in [1.29, 1.82) is 0 Å². The first kappa shape index (κ1) is 12.9. The van der Waals surface area contributed by atoms with Gasteiger partial charge >= 0.3 is 0 Å². The molecule has 88 valence electrons. The lowest BCUT2D eigenvalue weighted by molar-refractivity contribution is -0.0517. The van der Waals surface area contributed by atoms with Gasteiger partial charge in [0.15, 0.2) is 5.78 Å². The van der Waals surface area contributed by atoms with Crippen molar-refractivity contribution in [3.05, 3.63) is 35.9 Å². The van der Waals surface area contributed by atoms with Crippen molar-refractivity contribution in [2.24, 2.45) is 0 Å². The van der Waals surface area contributed by atoms with Crippen molar-refractivity contribution in [3.8, 4) is 0 Å². The summed E-state index contributed by atoms with van der Waals surface area (Å²) in [6.07, 6.45) is 0.497. The van der Waals surface area contributed by atoms with Gasteiger partial charge in [-0.15, -0.1) is 0 Å². The van der Waals surface area contributed by atoms with E-state index in [1.165, 1.54) is 0 Å². The van der Waals surface area contributed by atoms with Crippen LogP contribution in [0.15, 0.2) is 30.3 Å². The average molecular weight is 220 g/mol. The highest BCUT2D eigenvalue weighted by molar-refractivity contribution is 5.99. The van der Waals surface area contributed by atoms with Crippen molar-refractivity contribution in [2.75, 3.05) is 0 Å². The summed E-state index contributed by atoms with van der Waals surface area (Å²) in [6, 6.07) is 9.27. The van der Waals surface area contributed by atoms with Crippen LogP contribution in [0.4, 0.5) is 0 Å². The number of carbonyl (C=O) groups excluding carboxylic acids is 1. The third-order valence-electron chi connectivity index (χ3n) is 2.77. The molecule has 1 aromatic carbocycles. The molecule has 0 aliphatic carbocycles. The second-order valence-corrected chi connectivity index (χ2v) is 4.60. The Labute approximate surface area is 97.6 Å². The maximum absolute atomic E-state index is 12.0. The quantitative estimate of drug-likeness (QED) is 0.710. The van der Waals surface area contributed by atoms with Crippen molar-refractivity contribution >= 4 is 5.78 Å². The van der Waals surface area contributed by atoms with Crippen molar-refractivity contribution in [3.63, 3.8) is 0 Å². The van der Waals surface area contributed by atoms with Gasteiger partial charge in [0.1, 0.15) is 6.10 Å². The van der Waals surface area contributed by atoms with E-state index < -0.39 is 6.10 Å². The van der Waals surface area contributed by atoms with Gasteiger partial charge in [-0.1, -0.05) is 37.3 Å². The Hall–Kier alpha value is -1.15. The van der Waals surface area contributed by atoms with Gasteiger partial charge in [-0.05, 0) is 27.2 Å². The highest BCUT2D eigenvalue weighted by Crippen LogP contribution is 2.18. The standard InChI is InChI=1S/C14H20O2/c1-5-14(3,4)16-11(2)13(15)12-9-7-6-8-10-12/h6-11H,5H2,1-4H3. The summed E-state index contributed by atoms with van der Waals surface area (Å²) in [6.45, 7) is 7.87. The summed E-state index contributed by atoms with van der Waals surface area (Å²) < 4.78 is 5.75. The van der Waals surface area contributed by atoms with Crippen LogP contribution < -0.4 is 0 Å². The Morgan fingerprint density at radius 1 is 1.31 bits per heavy atom. The molecular weight excluding hydrogens is 200 g/mol. The van der Waals surface area contributed by atoms with Crippen LogP contribution >= 0.6 is 0 Å². The molecule has 0 N–H and O–H groups in total. The first-order valence-electron chi connectivity index (χ1n) is 5.73. The second-order valence-electron chi connectivity index (χ2n) is 4.60. The van der Waals surface area contributed by atoms with E-state index in [4.69, 9.17) is 4.74 Å². The maximum Gasteiger partial charge on any atom is 0.191 e. The van der Waals surface area contributed by atoms with Gasteiger partial charge in [-0.3, -0.25) is 4.79 Å². The van der Waals surface area contributed by atoms with Crippen LogP contribution in [-0.2, 0) is 4.74 Å². The zero-order chi connectivity index (χ0) is 12.2. The number of carbonyl (C=O) groups is 1. The number of benzene rings is 1. The summed E-state index contributed by atoms with van der Waals surface area (Å²) in [7, 11) is 0. The lowest BCUT2D eigenvalue weighted by Gasteiger charge is -2.27. The summed E-state index contributed by atoms with van der Waals surface area (Å²) >= 11 is 0. The summed E-state index contributed by atoms with van der Waals surface area (Å²) in [5.41, 5.74) is 0.464. The van der Waals surface area contributed by atoms with E-state index in [9.17, 15) is 4.79 Å². The summed E-state index contributed by atoms with van der Waals surface area (Å²) in [5, 5.41) is 0. The predicted octanol–water partition coefficient (Wildman–Crippen LogP) is 3.46. The number of ether oxygens (including phenoxy) is 1. The third-order valence-corrected chi connectivity index (χ3v) is 2.77. The zero-order valence-corrected chi connectivity index (χ0v) is 10.5. The highest BCUT2D eigenvalue weighted by Gasteiger charge is 2.24. The van der Waals surface area contributed by atoms with Gasteiger partial charge in [0, 0.05) is 5.56 Å². The van der Waals surface area contributed by atoms with Gasteiger partial charge in [0.2, 0.25) is 0 Å². The Morgan fingerprint density at radius 3 is 2.38 bits per heavy atom. The Bertz CT molecular complexity index is 341. The number of hydrogen-bond acceptors (Lipinski definition) is 2. The molecule has 0 saturated heterocycles. The topological polar surface area (TPSA) is 26.3 Å². The smallest absolute Gasteiger partial charge is 0.191 e. The molecule has 0 fully saturated rings. The largest absolute Gasteiger partial charge is 0.364 e. The van der Waals surface area contributed by atoms with Gasteiger partial charge < -0.3 is 4.74 Å². The highest BCUT2D eigenvalue weighted by atomic mass is 16.5. The first-order chi connectivity index (χ1) is 7.46. The van der Waals surface area contributed by atoms with Crippen molar-refractivity contribution in [1.82, 2.24) is 0 Å². The molecule has 0 aliphatic heterocycles. The van der Waals surface area contributed by atoms with E-state index >= 15 is 0 Å². The SMILES string of the molecule is CCC(C)(C)OC(C)C(=O)c1ccccc1. The molecule has 1 rings (SSSR count). The molecule has 1 aromatic rings. The van der Waals surface area contributed by atoms with Crippen molar-refractivity contribution in [2.45, 2.75) is 45.8 Å². The van der Waals surface area contributed by atoms with E-state index in [0.717, 1.165) is 6.42 Å². The normalized spacial score (nSPS) is 13.5. The molecule has 0 bridgehead atoms. The minimum absolute atomic E-state index is 0.0436. The number of hydrogen-bond donors (Lipinski definition) is 0. The molecule has 0 saturated carbocycles. The molecule has 0 radical (unpaired) electrons. The van der Waals surface area contributed by atoms with Crippen LogP contribution in [0.2, 0.25) is 0 Å². The fourth-order valence-electron chi connectivity index (χ4n) is 1.45. The molecule has 2 nitrogen and oxygen atoms in total. The molecule has 0 spiro atoms. The molecular formula is C14H20O2. The predicted molar refractivity (Wildman–Crippen MR) is 65.7 cm³/mol. The van der Waals surface area contributed by atoms with Crippen LogP contribution in [0.1, 0.15) is 44.5 Å². The molecule has 0 heterocycles. The number of rotatable bonds is 5. The number of Topliss-reactive ketones (excluding diaryl/α,β-unsaturated/α-hetero) is 1. The van der Waals surface area contributed by atoms with Gasteiger partial charge in [0.05, 0.1) is 5.60 Å². The van der Waals surface area contributed by atoms with E-state index in [1.807, 2.05) is 51.1 Å². The molecule has 16 heavy (non-hydrogen) atoms. The van der Waals surface area contributed by atoms with Crippen LogP contribution in [0.3, 0.4) is 0 Å². The van der Waals surface area contributed by atoms with Crippen LogP contribution in [0.5, 0.6) is 0 Å². The first-order valence-corrected chi connectivity index (χ1v) is 5.73. The maximum atomic E-state index is 12.0. The monoisotopic (exact) mass is 220 g/mol. The zero-order valence-electron chi connectivity index (χ0n) is 10.5. The van der Waals surface area contributed by atoms with E-state index in [1.54, 1.807) is 0 Å². The number of ketones is 1. The molecule has 0 aliphatic rings. The molecule has 0 amide bonds. The van der Waals surface area contributed by atoms with E-state index in [-0.39, 0.29) is 11.4 Å². The van der Waals surface area contributed by atoms with E-state index in [0.29, 0.717) is 5.56 Å². The fraction of sp³-hybridized carbons (Fsp3) is 0.500. The fourth-order valence-corrected chi connectivity index (χ4v) is 1.45. The molecule has 1 atom stereocenters. The van der Waals surface area contributed by atoms with Crippen LogP contribution in [0.25, 0.3) is 0 Å². The van der Waals surface area contributed by atoms with Crippen LogP contribution in [0, 0.1) is 0 Å². The minimum Gasteiger partial charge on any atom is -0.364 e. The average Bonchev–Trinajstić information content (AvgIpc) is 2.28. The van der Waals surface area contributed by atoms with Crippen molar-refractivity contribution < 1.29 is 9.53 Å².